The third-order valence-electron chi connectivity index (χ3n) is 4.79. The van der Waals surface area contributed by atoms with Gasteiger partial charge in [0.15, 0.2) is 0 Å². The second-order valence-corrected chi connectivity index (χ2v) is 9.01. The molecular formula is C23H23ClN2O4S. The van der Waals surface area contributed by atoms with Crippen LogP contribution in [0.3, 0.4) is 0 Å². The summed E-state index contributed by atoms with van der Waals surface area (Å²) in [6.45, 7) is 3.81. The highest BCUT2D eigenvalue weighted by molar-refractivity contribution is 7.92. The Morgan fingerprint density at radius 1 is 1.06 bits per heavy atom. The lowest BCUT2D eigenvalue weighted by Crippen LogP contribution is -2.17. The van der Waals surface area contributed by atoms with Gasteiger partial charge in [-0.2, -0.15) is 0 Å². The number of benzene rings is 3. The van der Waals surface area contributed by atoms with Gasteiger partial charge in [0.25, 0.3) is 15.9 Å². The van der Waals surface area contributed by atoms with Gasteiger partial charge in [-0.15, -0.1) is 0 Å². The minimum atomic E-state index is -3.90. The van der Waals surface area contributed by atoms with Crippen LogP contribution in [0.15, 0.2) is 65.6 Å². The number of ether oxygens (including phenoxy) is 1. The molecule has 0 unspecified atom stereocenters. The van der Waals surface area contributed by atoms with Gasteiger partial charge in [-0.25, -0.2) is 8.42 Å². The number of methoxy groups -OCH3 is 1. The molecule has 0 saturated heterocycles. The maximum atomic E-state index is 13.1. The molecule has 8 heteroatoms. The van der Waals surface area contributed by atoms with Crippen LogP contribution in [0.25, 0.3) is 0 Å². The summed E-state index contributed by atoms with van der Waals surface area (Å²) in [5.74, 6) is -0.102. The van der Waals surface area contributed by atoms with E-state index in [1.54, 1.807) is 18.2 Å². The van der Waals surface area contributed by atoms with E-state index in [-0.39, 0.29) is 10.6 Å². The highest BCUT2D eigenvalue weighted by Crippen LogP contribution is 2.30. The molecule has 6 nitrogen and oxygen atoms in total. The van der Waals surface area contributed by atoms with Gasteiger partial charge in [-0.1, -0.05) is 42.8 Å². The number of para-hydroxylation sites is 1. The molecule has 162 valence electrons. The molecule has 1 amide bonds. The largest absolute Gasteiger partial charge is 0.495 e. The zero-order chi connectivity index (χ0) is 22.6. The molecule has 0 aliphatic rings. The number of sulfonamides is 1. The molecule has 0 atom stereocenters. The summed E-state index contributed by atoms with van der Waals surface area (Å²) in [4.78, 5) is 12.6. The van der Waals surface area contributed by atoms with Crippen LogP contribution in [0, 0.1) is 6.92 Å². The first kappa shape index (κ1) is 22.7. The molecule has 0 fully saturated rings. The zero-order valence-corrected chi connectivity index (χ0v) is 19.0. The van der Waals surface area contributed by atoms with Crippen LogP contribution in [-0.2, 0) is 16.4 Å². The Hall–Kier alpha value is -3.03. The van der Waals surface area contributed by atoms with Crippen molar-refractivity contribution in [2.45, 2.75) is 25.2 Å². The van der Waals surface area contributed by atoms with Gasteiger partial charge in [0.2, 0.25) is 0 Å². The fraction of sp³-hybridized carbons (Fsp3) is 0.174. The van der Waals surface area contributed by atoms with Crippen LogP contribution < -0.4 is 14.8 Å². The van der Waals surface area contributed by atoms with E-state index in [1.165, 1.54) is 31.4 Å². The second kappa shape index (κ2) is 9.41. The lowest BCUT2D eigenvalue weighted by molar-refractivity contribution is 0.102. The highest BCUT2D eigenvalue weighted by Gasteiger charge is 2.20. The molecule has 0 radical (unpaired) electrons. The number of amides is 1. The average Bonchev–Trinajstić information content (AvgIpc) is 2.75. The molecule has 3 aromatic rings. The topological polar surface area (TPSA) is 84.5 Å². The number of carbonyl (C=O) groups is 1. The van der Waals surface area contributed by atoms with Gasteiger partial charge in [0, 0.05) is 10.6 Å². The van der Waals surface area contributed by atoms with Crippen molar-refractivity contribution in [2.75, 3.05) is 17.1 Å². The van der Waals surface area contributed by atoms with E-state index in [2.05, 4.69) is 10.0 Å². The molecule has 3 rings (SSSR count). The average molecular weight is 459 g/mol. The minimum Gasteiger partial charge on any atom is -0.495 e. The number of hydrogen-bond acceptors (Lipinski definition) is 4. The number of rotatable bonds is 7. The molecule has 0 aliphatic carbocycles. The molecule has 3 aromatic carbocycles. The Morgan fingerprint density at radius 2 is 1.81 bits per heavy atom. The van der Waals surface area contributed by atoms with E-state index < -0.39 is 15.9 Å². The molecule has 0 spiro atoms. The van der Waals surface area contributed by atoms with Crippen molar-refractivity contribution in [3.8, 4) is 5.75 Å². The Labute approximate surface area is 187 Å². The normalized spacial score (nSPS) is 11.1. The van der Waals surface area contributed by atoms with Crippen LogP contribution in [0.2, 0.25) is 5.02 Å². The summed E-state index contributed by atoms with van der Waals surface area (Å²) < 4.78 is 34.2. The SMILES string of the molecule is CCc1cccc(C)c1NS(=O)(=O)c1ccc(OC)c(NC(=O)c2cccc(Cl)c2)c1. The molecule has 2 N–H and O–H groups in total. The van der Waals surface area contributed by atoms with Crippen molar-refractivity contribution in [3.05, 3.63) is 82.4 Å². The van der Waals surface area contributed by atoms with E-state index in [1.807, 2.05) is 32.0 Å². The highest BCUT2D eigenvalue weighted by atomic mass is 35.5. The summed E-state index contributed by atoms with van der Waals surface area (Å²) in [6, 6.07) is 16.4. The van der Waals surface area contributed by atoms with Crippen LogP contribution in [0.4, 0.5) is 11.4 Å². The fourth-order valence-electron chi connectivity index (χ4n) is 3.14. The molecular weight excluding hydrogens is 436 g/mol. The first-order valence-corrected chi connectivity index (χ1v) is 11.5. The lowest BCUT2D eigenvalue weighted by atomic mass is 10.1. The summed E-state index contributed by atoms with van der Waals surface area (Å²) in [6.07, 6.45) is 0.684. The van der Waals surface area contributed by atoms with Crippen LogP contribution >= 0.6 is 11.6 Å². The van der Waals surface area contributed by atoms with Gasteiger partial charge in [0.1, 0.15) is 5.75 Å². The van der Waals surface area contributed by atoms with Crippen LogP contribution in [0.5, 0.6) is 5.75 Å². The van der Waals surface area contributed by atoms with Crippen LogP contribution in [0.1, 0.15) is 28.4 Å². The van der Waals surface area contributed by atoms with Crippen molar-refractivity contribution in [1.29, 1.82) is 0 Å². The van der Waals surface area contributed by atoms with Gasteiger partial charge in [0.05, 0.1) is 23.4 Å². The van der Waals surface area contributed by atoms with Gasteiger partial charge in [-0.05, 0) is 60.9 Å². The Kier molecular flexibility index (Phi) is 6.87. The number of hydrogen-bond donors (Lipinski definition) is 2. The van der Waals surface area contributed by atoms with E-state index in [4.69, 9.17) is 16.3 Å². The number of halogens is 1. The van der Waals surface area contributed by atoms with E-state index in [0.29, 0.717) is 28.4 Å². The number of anilines is 2. The molecule has 0 saturated carbocycles. The summed E-state index contributed by atoms with van der Waals surface area (Å²) in [5, 5.41) is 3.12. The first-order chi connectivity index (χ1) is 14.7. The fourth-order valence-corrected chi connectivity index (χ4v) is 4.53. The third-order valence-corrected chi connectivity index (χ3v) is 6.38. The van der Waals surface area contributed by atoms with Crippen molar-refractivity contribution < 1.29 is 17.9 Å². The quantitative estimate of drug-likeness (QED) is 0.505. The van der Waals surface area contributed by atoms with Gasteiger partial charge < -0.3 is 10.1 Å². The minimum absolute atomic E-state index is 0.000000192. The van der Waals surface area contributed by atoms with Crippen molar-refractivity contribution in [3.63, 3.8) is 0 Å². The summed E-state index contributed by atoms with van der Waals surface area (Å²) in [7, 11) is -2.46. The standard InChI is InChI=1S/C23H23ClN2O4S/c1-4-16-8-5-7-15(2)22(16)26-31(28,29)19-11-12-21(30-3)20(14-19)25-23(27)17-9-6-10-18(24)13-17/h5-14,26H,4H2,1-3H3,(H,25,27). The molecule has 31 heavy (non-hydrogen) atoms. The number of nitrogens with one attached hydrogen (secondary N) is 2. The van der Waals surface area contributed by atoms with Gasteiger partial charge in [-0.3, -0.25) is 9.52 Å². The van der Waals surface area contributed by atoms with E-state index >= 15 is 0 Å². The summed E-state index contributed by atoms with van der Waals surface area (Å²) in [5.41, 5.74) is 2.85. The Balaban J connectivity index is 1.95. The predicted molar refractivity (Wildman–Crippen MR) is 124 cm³/mol. The van der Waals surface area contributed by atoms with Gasteiger partial charge >= 0.3 is 0 Å². The molecule has 0 bridgehead atoms. The molecule has 0 aromatic heterocycles. The monoisotopic (exact) mass is 458 g/mol. The van der Waals surface area contributed by atoms with Crippen molar-refractivity contribution in [1.82, 2.24) is 0 Å². The number of carbonyl (C=O) groups excluding carboxylic acids is 1. The van der Waals surface area contributed by atoms with Crippen molar-refractivity contribution >= 4 is 38.9 Å². The lowest BCUT2D eigenvalue weighted by Gasteiger charge is -2.16. The Bertz CT molecular complexity index is 1230. The predicted octanol–water partition coefficient (Wildman–Crippen LogP) is 5.27. The zero-order valence-electron chi connectivity index (χ0n) is 17.4. The van der Waals surface area contributed by atoms with E-state index in [9.17, 15) is 13.2 Å². The van der Waals surface area contributed by atoms with Crippen molar-refractivity contribution in [2.24, 2.45) is 0 Å². The second-order valence-electron chi connectivity index (χ2n) is 6.89. The van der Waals surface area contributed by atoms with Crippen LogP contribution in [-0.4, -0.2) is 21.4 Å². The Morgan fingerprint density at radius 3 is 2.48 bits per heavy atom. The molecule has 0 heterocycles. The first-order valence-electron chi connectivity index (χ1n) is 9.61. The third kappa shape index (κ3) is 5.18. The molecule has 0 aliphatic heterocycles. The van der Waals surface area contributed by atoms with E-state index in [0.717, 1.165) is 11.1 Å². The maximum Gasteiger partial charge on any atom is 0.261 e. The maximum absolute atomic E-state index is 13.1. The smallest absolute Gasteiger partial charge is 0.261 e. The summed E-state index contributed by atoms with van der Waals surface area (Å²) >= 11 is 5.96. The number of aryl methyl sites for hydroxylation is 2.